The van der Waals surface area contributed by atoms with E-state index in [0.717, 1.165) is 5.75 Å². The molecule has 0 unspecified atom stereocenters. The molecule has 1 heterocycles. The Hall–Kier alpha value is -2.41. The minimum absolute atomic E-state index is 0.000101. The van der Waals surface area contributed by atoms with Gasteiger partial charge in [0.2, 0.25) is 0 Å². The molecule has 1 aliphatic heterocycles. The number of fused-ring (bicyclic) bond motifs is 3. The summed E-state index contributed by atoms with van der Waals surface area (Å²) < 4.78 is 12.6. The second kappa shape index (κ2) is 7.58. The fourth-order valence-electron chi connectivity index (χ4n) is 4.90. The van der Waals surface area contributed by atoms with Crippen molar-refractivity contribution in [2.45, 2.75) is 51.2 Å². The van der Waals surface area contributed by atoms with Gasteiger partial charge in [-0.05, 0) is 71.7 Å². The Labute approximate surface area is 192 Å². The molecule has 0 saturated heterocycles. The van der Waals surface area contributed by atoms with E-state index in [1.54, 1.807) is 7.11 Å². The van der Waals surface area contributed by atoms with E-state index in [1.165, 1.54) is 38.0 Å². The zero-order chi connectivity index (χ0) is 22.7. The van der Waals surface area contributed by atoms with Crippen LogP contribution in [0.5, 0.6) is 5.75 Å². The van der Waals surface area contributed by atoms with Gasteiger partial charge in [-0.1, -0.05) is 81.4 Å². The van der Waals surface area contributed by atoms with Crippen molar-refractivity contribution in [1.29, 1.82) is 0 Å². The highest BCUT2D eigenvalue weighted by Crippen LogP contribution is 2.63. The molecule has 0 bridgehead atoms. The first-order valence-electron chi connectivity index (χ1n) is 11.3. The number of hydrogen-bond donors (Lipinski definition) is 0. The summed E-state index contributed by atoms with van der Waals surface area (Å²) in [7, 11) is 1.13. The first kappa shape index (κ1) is 21.4. The average molecular weight is 443 g/mol. The highest BCUT2D eigenvalue weighted by molar-refractivity contribution is 7.68. The van der Waals surface area contributed by atoms with Crippen LogP contribution in [0.3, 0.4) is 0 Å². The van der Waals surface area contributed by atoms with Crippen molar-refractivity contribution >= 4 is 34.8 Å². The summed E-state index contributed by atoms with van der Waals surface area (Å²) >= 11 is 0. The molecule has 0 aliphatic carbocycles. The Bertz CT molecular complexity index is 1260. The van der Waals surface area contributed by atoms with Gasteiger partial charge in [0.1, 0.15) is 17.2 Å². The SMILES string of the molecule is COC(C)(C)[C@H]1Oc2cccc(-c3c4ccccc4cc4ccccc34)c2[P@@]1C(C)(C)C. The maximum atomic E-state index is 6.69. The smallest absolute Gasteiger partial charge is 0.150 e. The predicted molar refractivity (Wildman–Crippen MR) is 139 cm³/mol. The molecule has 0 aromatic heterocycles. The zero-order valence-electron chi connectivity index (χ0n) is 19.8. The summed E-state index contributed by atoms with van der Waals surface area (Å²) in [6, 6.07) is 26.3. The Morgan fingerprint density at radius 1 is 0.781 bits per heavy atom. The third-order valence-corrected chi connectivity index (χ3v) is 10.2. The summed E-state index contributed by atoms with van der Waals surface area (Å²) in [6.07, 6.45) is 0. The predicted octanol–water partition coefficient (Wildman–Crippen LogP) is 7.71. The molecule has 2 atom stereocenters. The molecule has 1 aliphatic rings. The van der Waals surface area contributed by atoms with Gasteiger partial charge in [-0.25, -0.2) is 0 Å². The molecular formula is C29H31O2P. The number of benzene rings is 4. The maximum absolute atomic E-state index is 6.69. The second-order valence-corrected chi connectivity index (χ2v) is 13.2. The number of hydrogen-bond acceptors (Lipinski definition) is 2. The first-order valence-corrected chi connectivity index (χ1v) is 12.7. The lowest BCUT2D eigenvalue weighted by atomic mass is 9.92. The van der Waals surface area contributed by atoms with Crippen LogP contribution in [-0.4, -0.2) is 23.7 Å². The molecule has 0 N–H and O–H groups in total. The summed E-state index contributed by atoms with van der Waals surface area (Å²) in [5.74, 6) is 1.01. The molecule has 5 rings (SSSR count). The van der Waals surface area contributed by atoms with E-state index in [0.29, 0.717) is 0 Å². The van der Waals surface area contributed by atoms with E-state index < -0.39 is 7.92 Å². The normalized spacial score (nSPS) is 18.7. The molecule has 3 heteroatoms. The van der Waals surface area contributed by atoms with E-state index in [2.05, 4.69) is 107 Å². The Morgan fingerprint density at radius 3 is 1.94 bits per heavy atom. The van der Waals surface area contributed by atoms with Crippen LogP contribution in [0, 0.1) is 0 Å². The molecule has 2 nitrogen and oxygen atoms in total. The van der Waals surface area contributed by atoms with Crippen molar-refractivity contribution < 1.29 is 9.47 Å². The van der Waals surface area contributed by atoms with Crippen LogP contribution >= 0.6 is 7.92 Å². The number of ether oxygens (including phenoxy) is 2. The van der Waals surface area contributed by atoms with E-state index in [1.807, 2.05) is 0 Å². The highest BCUT2D eigenvalue weighted by Gasteiger charge is 2.50. The third-order valence-electron chi connectivity index (χ3n) is 6.60. The van der Waals surface area contributed by atoms with Crippen molar-refractivity contribution in [2.75, 3.05) is 7.11 Å². The van der Waals surface area contributed by atoms with Crippen LogP contribution in [0.4, 0.5) is 0 Å². The van der Waals surface area contributed by atoms with Gasteiger partial charge in [0.25, 0.3) is 0 Å². The van der Waals surface area contributed by atoms with Crippen LogP contribution < -0.4 is 10.0 Å². The van der Waals surface area contributed by atoms with Crippen LogP contribution in [0.15, 0.2) is 72.8 Å². The summed E-state index contributed by atoms with van der Waals surface area (Å²) in [5, 5.41) is 6.55. The average Bonchev–Trinajstić information content (AvgIpc) is 3.19. The molecule has 4 aromatic carbocycles. The first-order chi connectivity index (χ1) is 15.2. The van der Waals surface area contributed by atoms with Crippen molar-refractivity contribution in [3.63, 3.8) is 0 Å². The van der Waals surface area contributed by atoms with Gasteiger partial charge >= 0.3 is 0 Å². The minimum Gasteiger partial charge on any atom is -0.482 e. The van der Waals surface area contributed by atoms with Crippen LogP contribution in [0.2, 0.25) is 0 Å². The molecule has 0 radical (unpaired) electrons. The Balaban J connectivity index is 1.87. The number of rotatable bonds is 3. The Morgan fingerprint density at radius 2 is 1.38 bits per heavy atom. The number of methoxy groups -OCH3 is 1. The van der Waals surface area contributed by atoms with E-state index in [4.69, 9.17) is 9.47 Å². The molecule has 0 spiro atoms. The van der Waals surface area contributed by atoms with Gasteiger partial charge in [0.15, 0.2) is 0 Å². The van der Waals surface area contributed by atoms with E-state index >= 15 is 0 Å². The summed E-state index contributed by atoms with van der Waals surface area (Å²) in [4.78, 5) is 0. The van der Waals surface area contributed by atoms with E-state index in [-0.39, 0.29) is 16.6 Å². The quantitative estimate of drug-likeness (QED) is 0.239. The molecule has 32 heavy (non-hydrogen) atoms. The van der Waals surface area contributed by atoms with Crippen molar-refractivity contribution in [1.82, 2.24) is 0 Å². The van der Waals surface area contributed by atoms with Gasteiger partial charge in [-0.2, -0.15) is 0 Å². The second-order valence-electron chi connectivity index (χ2n) is 10.2. The fraction of sp³-hybridized carbons (Fsp3) is 0.310. The van der Waals surface area contributed by atoms with Crippen molar-refractivity contribution in [3.05, 3.63) is 72.8 Å². The lowest BCUT2D eigenvalue weighted by molar-refractivity contribution is -0.0296. The topological polar surface area (TPSA) is 18.5 Å². The monoisotopic (exact) mass is 442 g/mol. The molecule has 0 amide bonds. The fourth-order valence-corrected chi connectivity index (χ4v) is 8.27. The lowest BCUT2D eigenvalue weighted by Crippen LogP contribution is -2.42. The zero-order valence-corrected chi connectivity index (χ0v) is 20.7. The highest BCUT2D eigenvalue weighted by atomic mass is 31.1. The van der Waals surface area contributed by atoms with Gasteiger partial charge in [0, 0.05) is 12.4 Å². The van der Waals surface area contributed by atoms with Crippen LogP contribution in [0.25, 0.3) is 32.7 Å². The van der Waals surface area contributed by atoms with Gasteiger partial charge < -0.3 is 9.47 Å². The molecule has 4 aromatic rings. The lowest BCUT2D eigenvalue weighted by Gasteiger charge is -2.39. The van der Waals surface area contributed by atoms with Gasteiger partial charge in [-0.3, -0.25) is 0 Å². The summed E-state index contributed by atoms with van der Waals surface area (Å²) in [5.41, 5.74) is 2.23. The largest absolute Gasteiger partial charge is 0.482 e. The van der Waals surface area contributed by atoms with Crippen molar-refractivity contribution in [2.24, 2.45) is 0 Å². The standard InChI is InChI=1S/C29H31O2P/c1-28(2,3)32-26-23(16-11-17-24(26)31-27(32)29(4,5)30-6)25-21-14-9-7-12-19(21)18-20-13-8-10-15-22(20)25/h7-18,27H,1-6H3/t27-,32+/m0/s1. The molecular weight excluding hydrogens is 411 g/mol. The molecule has 164 valence electrons. The molecule has 0 fully saturated rings. The maximum Gasteiger partial charge on any atom is 0.150 e. The third kappa shape index (κ3) is 3.33. The van der Waals surface area contributed by atoms with Crippen molar-refractivity contribution in [3.8, 4) is 16.9 Å². The summed E-state index contributed by atoms with van der Waals surface area (Å²) in [6.45, 7) is 11.3. The minimum atomic E-state index is -0.662. The Kier molecular flexibility index (Phi) is 5.08. The van der Waals surface area contributed by atoms with Gasteiger partial charge in [-0.15, -0.1) is 0 Å². The van der Waals surface area contributed by atoms with Crippen LogP contribution in [0.1, 0.15) is 34.6 Å². The van der Waals surface area contributed by atoms with Crippen LogP contribution in [-0.2, 0) is 4.74 Å². The van der Waals surface area contributed by atoms with E-state index in [9.17, 15) is 0 Å². The van der Waals surface area contributed by atoms with Gasteiger partial charge in [0.05, 0.1) is 0 Å². The molecule has 0 saturated carbocycles.